The Morgan fingerprint density at radius 1 is 1.23 bits per heavy atom. The van der Waals surface area contributed by atoms with Crippen LogP contribution in [0, 0.1) is 11.3 Å². The molecule has 4 N–H and O–H groups in total. The van der Waals surface area contributed by atoms with Gasteiger partial charge >= 0.3 is 5.97 Å². The monoisotopic (exact) mass is 500 g/mol. The molecule has 9 nitrogen and oxygen atoms in total. The summed E-state index contributed by atoms with van der Waals surface area (Å²) in [6.07, 6.45) is 1.55. The highest BCUT2D eigenvalue weighted by atomic mass is 16.7. The number of hydrogen-bond donors (Lipinski definition) is 4. The molecule has 2 aliphatic heterocycles. The van der Waals surface area contributed by atoms with Crippen LogP contribution in [0.1, 0.15) is 59.8 Å². The Labute approximate surface area is 208 Å². The number of aliphatic hydroxyl groups excluding tert-OH is 3. The molecular weight excluding hydrogens is 456 g/mol. The van der Waals surface area contributed by atoms with Crippen LogP contribution in [-0.2, 0) is 23.7 Å². The highest BCUT2D eigenvalue weighted by Crippen LogP contribution is 2.46. The minimum absolute atomic E-state index is 0.0141. The van der Waals surface area contributed by atoms with Gasteiger partial charge in [0.1, 0.15) is 12.2 Å². The predicted octanol–water partition coefficient (Wildman–Crippen LogP) is 1.86. The number of rotatable bonds is 6. The SMILES string of the molecule is CCC(C=C(C)[C@@H]1C[C@@H](OC)C[C@H](O)C(C)(C)C2(O)O[C@@H](CC=CC(=O)O1)C[C@@H](OC)[C@H]2O)CO. The van der Waals surface area contributed by atoms with Gasteiger partial charge in [-0.1, -0.05) is 32.9 Å². The summed E-state index contributed by atoms with van der Waals surface area (Å²) in [5, 5.41) is 43.4. The number of esters is 1. The average molecular weight is 501 g/mol. The van der Waals surface area contributed by atoms with Gasteiger partial charge in [0.25, 0.3) is 0 Å². The molecule has 2 heterocycles. The van der Waals surface area contributed by atoms with Gasteiger partial charge in [0.15, 0.2) is 0 Å². The van der Waals surface area contributed by atoms with E-state index in [1.165, 1.54) is 20.3 Å². The summed E-state index contributed by atoms with van der Waals surface area (Å²) in [6.45, 7) is 7.08. The molecule has 202 valence electrons. The van der Waals surface area contributed by atoms with Crippen molar-refractivity contribution in [3.05, 3.63) is 23.8 Å². The number of carbonyl (C=O) groups excluding carboxylic acids is 1. The van der Waals surface area contributed by atoms with Crippen molar-refractivity contribution in [2.24, 2.45) is 11.3 Å². The molecule has 0 aromatic rings. The minimum atomic E-state index is -2.10. The van der Waals surface area contributed by atoms with Crippen molar-refractivity contribution in [3.8, 4) is 0 Å². The molecule has 0 aromatic heterocycles. The van der Waals surface area contributed by atoms with Crippen LogP contribution in [0.3, 0.4) is 0 Å². The zero-order chi connectivity index (χ0) is 26.4. The molecule has 0 saturated carbocycles. The van der Waals surface area contributed by atoms with E-state index in [2.05, 4.69) is 0 Å². The molecule has 2 unspecified atom stereocenters. The van der Waals surface area contributed by atoms with Gasteiger partial charge in [-0.05, 0) is 25.3 Å². The summed E-state index contributed by atoms with van der Waals surface area (Å²) in [5.41, 5.74) is -0.513. The van der Waals surface area contributed by atoms with Crippen molar-refractivity contribution in [2.75, 3.05) is 20.8 Å². The molecule has 2 bridgehead atoms. The molecule has 2 aliphatic rings. The van der Waals surface area contributed by atoms with Crippen LogP contribution in [-0.4, -0.2) is 89.6 Å². The zero-order valence-corrected chi connectivity index (χ0v) is 21.8. The lowest BCUT2D eigenvalue weighted by atomic mass is 9.70. The lowest BCUT2D eigenvalue weighted by Gasteiger charge is -2.53. The fourth-order valence-corrected chi connectivity index (χ4v) is 4.83. The fourth-order valence-electron chi connectivity index (χ4n) is 4.83. The van der Waals surface area contributed by atoms with E-state index in [0.29, 0.717) is 6.42 Å². The van der Waals surface area contributed by atoms with E-state index in [0.717, 1.165) is 12.0 Å². The van der Waals surface area contributed by atoms with E-state index in [1.54, 1.807) is 19.9 Å². The van der Waals surface area contributed by atoms with Crippen molar-refractivity contribution in [1.29, 1.82) is 0 Å². The van der Waals surface area contributed by atoms with Crippen molar-refractivity contribution in [2.45, 2.75) is 102 Å². The first-order chi connectivity index (χ1) is 16.4. The third-order valence-electron chi connectivity index (χ3n) is 7.63. The van der Waals surface area contributed by atoms with Gasteiger partial charge in [-0.3, -0.25) is 0 Å². The van der Waals surface area contributed by atoms with E-state index in [9.17, 15) is 25.2 Å². The number of cyclic esters (lactones) is 1. The quantitative estimate of drug-likeness (QED) is 0.318. The summed E-state index contributed by atoms with van der Waals surface area (Å²) in [6, 6.07) is 0. The Bertz CT molecular complexity index is 745. The molecule has 35 heavy (non-hydrogen) atoms. The number of aliphatic hydroxyl groups is 4. The Morgan fingerprint density at radius 2 is 1.91 bits per heavy atom. The molecule has 0 amide bonds. The predicted molar refractivity (Wildman–Crippen MR) is 129 cm³/mol. The standard InChI is InChI=1S/C26H44O9/c1-7-17(15-27)11-16(2)20-13-19(32-5)14-22(28)25(3,4)26(31)24(30)21(33-6)12-18(35-26)9-8-10-23(29)34-20/h8,10-11,17-22,24,27-28,30-31H,7,9,12-15H2,1-6H3/t17?,18-,19+,20-,21+,22-,24+,26?/m0/s1. The number of methoxy groups -OCH3 is 2. The molecule has 8 atom stereocenters. The van der Waals surface area contributed by atoms with Gasteiger partial charge in [0.05, 0.1) is 24.4 Å². The summed E-state index contributed by atoms with van der Waals surface area (Å²) >= 11 is 0. The van der Waals surface area contributed by atoms with Crippen LogP contribution in [0.15, 0.2) is 23.8 Å². The number of ether oxygens (including phenoxy) is 4. The smallest absolute Gasteiger partial charge is 0.331 e. The largest absolute Gasteiger partial charge is 0.455 e. The zero-order valence-electron chi connectivity index (χ0n) is 21.8. The van der Waals surface area contributed by atoms with Crippen molar-refractivity contribution in [3.63, 3.8) is 0 Å². The van der Waals surface area contributed by atoms with Gasteiger partial charge in [-0.25, -0.2) is 4.79 Å². The second kappa shape index (κ2) is 12.8. The van der Waals surface area contributed by atoms with Gasteiger partial charge in [-0.2, -0.15) is 0 Å². The maximum Gasteiger partial charge on any atom is 0.331 e. The van der Waals surface area contributed by atoms with Crippen molar-refractivity contribution >= 4 is 5.97 Å². The third-order valence-corrected chi connectivity index (χ3v) is 7.63. The summed E-state index contributed by atoms with van der Waals surface area (Å²) in [7, 11) is 2.95. The molecule has 1 fully saturated rings. The lowest BCUT2D eigenvalue weighted by Crippen LogP contribution is -2.67. The first-order valence-corrected chi connectivity index (χ1v) is 12.4. The summed E-state index contributed by atoms with van der Waals surface area (Å²) in [5.74, 6) is -2.71. The Morgan fingerprint density at radius 3 is 2.49 bits per heavy atom. The fraction of sp³-hybridized carbons (Fsp3) is 0.808. The van der Waals surface area contributed by atoms with Crippen LogP contribution in [0.25, 0.3) is 0 Å². The first-order valence-electron chi connectivity index (χ1n) is 12.4. The minimum Gasteiger partial charge on any atom is -0.455 e. The highest BCUT2D eigenvalue weighted by molar-refractivity contribution is 5.82. The van der Waals surface area contributed by atoms with Gasteiger partial charge in [-0.15, -0.1) is 0 Å². The Hall–Kier alpha value is -1.33. The van der Waals surface area contributed by atoms with Crippen LogP contribution in [0.2, 0.25) is 0 Å². The topological polar surface area (TPSA) is 135 Å². The van der Waals surface area contributed by atoms with Gasteiger partial charge in [0, 0.05) is 57.5 Å². The summed E-state index contributed by atoms with van der Waals surface area (Å²) < 4.78 is 22.8. The Kier molecular flexibility index (Phi) is 10.9. The molecule has 9 heteroatoms. The lowest BCUT2D eigenvalue weighted by molar-refractivity contribution is -0.376. The third kappa shape index (κ3) is 6.91. The van der Waals surface area contributed by atoms with Gasteiger partial charge < -0.3 is 39.4 Å². The van der Waals surface area contributed by atoms with E-state index >= 15 is 0 Å². The van der Waals surface area contributed by atoms with Gasteiger partial charge in [0.2, 0.25) is 5.79 Å². The molecule has 0 spiro atoms. The molecule has 0 radical (unpaired) electrons. The molecule has 0 aliphatic carbocycles. The molecule has 1 saturated heterocycles. The van der Waals surface area contributed by atoms with E-state index in [1.807, 2.05) is 19.9 Å². The number of carbonyl (C=O) groups is 1. The van der Waals surface area contributed by atoms with Crippen LogP contribution >= 0.6 is 0 Å². The van der Waals surface area contributed by atoms with E-state index in [4.69, 9.17) is 18.9 Å². The van der Waals surface area contributed by atoms with Crippen molar-refractivity contribution in [1.82, 2.24) is 0 Å². The van der Waals surface area contributed by atoms with Crippen LogP contribution in [0.4, 0.5) is 0 Å². The normalized spacial score (nSPS) is 37.9. The highest BCUT2D eigenvalue weighted by Gasteiger charge is 2.60. The average Bonchev–Trinajstić information content (AvgIpc) is 2.82. The van der Waals surface area contributed by atoms with Crippen molar-refractivity contribution < 1.29 is 44.2 Å². The second-order valence-electron chi connectivity index (χ2n) is 10.3. The van der Waals surface area contributed by atoms with Crippen LogP contribution in [0.5, 0.6) is 0 Å². The van der Waals surface area contributed by atoms with E-state index in [-0.39, 0.29) is 31.8 Å². The Balaban J connectivity index is 2.46. The van der Waals surface area contributed by atoms with E-state index < -0.39 is 53.8 Å². The van der Waals surface area contributed by atoms with Crippen LogP contribution < -0.4 is 0 Å². The maximum atomic E-state index is 12.6. The molecule has 2 rings (SSSR count). The number of hydrogen-bond acceptors (Lipinski definition) is 9. The number of fused-ring (bicyclic) bond motifs is 2. The molecule has 0 aromatic carbocycles. The summed E-state index contributed by atoms with van der Waals surface area (Å²) in [4.78, 5) is 12.6. The maximum absolute atomic E-state index is 12.6. The first kappa shape index (κ1) is 29.9. The second-order valence-corrected chi connectivity index (χ2v) is 10.3. The molecular formula is C26H44O9.